The van der Waals surface area contributed by atoms with Crippen LogP contribution in [-0.2, 0) is 6.54 Å². The van der Waals surface area contributed by atoms with Crippen molar-refractivity contribution in [1.29, 1.82) is 0 Å². The summed E-state index contributed by atoms with van der Waals surface area (Å²) in [5.74, 6) is 0.691. The molecule has 0 saturated heterocycles. The fourth-order valence-corrected chi connectivity index (χ4v) is 1.54. The minimum absolute atomic E-state index is 0.388. The first-order chi connectivity index (χ1) is 7.41. The number of rotatable bonds is 4. The van der Waals surface area contributed by atoms with E-state index in [1.165, 1.54) is 11.1 Å². The van der Waals surface area contributed by atoms with E-state index in [1.807, 2.05) is 0 Å². The first-order valence-corrected chi connectivity index (χ1v) is 6.16. The van der Waals surface area contributed by atoms with Crippen molar-refractivity contribution in [2.45, 2.75) is 41.2 Å². The van der Waals surface area contributed by atoms with Crippen LogP contribution in [0.25, 0.3) is 0 Å². The zero-order chi connectivity index (χ0) is 12.2. The Morgan fingerprint density at radius 1 is 1.19 bits per heavy atom. The van der Waals surface area contributed by atoms with Crippen molar-refractivity contribution in [2.75, 3.05) is 6.54 Å². The summed E-state index contributed by atoms with van der Waals surface area (Å²) in [6.07, 6.45) is 0. The summed E-state index contributed by atoms with van der Waals surface area (Å²) in [6, 6.07) is 8.57. The Morgan fingerprint density at radius 3 is 2.38 bits per heavy atom. The second-order valence-corrected chi connectivity index (χ2v) is 5.82. The Labute approximate surface area is 100 Å². The first kappa shape index (κ1) is 13.2. The summed E-state index contributed by atoms with van der Waals surface area (Å²) in [5, 5.41) is 3.55. The summed E-state index contributed by atoms with van der Waals surface area (Å²) in [4.78, 5) is 0. The standard InChI is InChI=1S/C15H25N/c1-12-8-6-7-9-14(12)11-16-10-13(2)15(3,4)5/h6-9,13,16H,10-11H2,1-5H3. The van der Waals surface area contributed by atoms with Gasteiger partial charge >= 0.3 is 0 Å². The summed E-state index contributed by atoms with van der Waals surface area (Å²) in [7, 11) is 0. The van der Waals surface area contributed by atoms with E-state index < -0.39 is 0 Å². The van der Waals surface area contributed by atoms with Gasteiger partial charge in [-0.1, -0.05) is 52.0 Å². The number of hydrogen-bond donors (Lipinski definition) is 1. The van der Waals surface area contributed by atoms with Crippen molar-refractivity contribution in [3.63, 3.8) is 0 Å². The van der Waals surface area contributed by atoms with Gasteiger partial charge < -0.3 is 5.32 Å². The Bertz CT molecular complexity index is 322. The molecule has 16 heavy (non-hydrogen) atoms. The molecule has 0 aliphatic heterocycles. The number of benzene rings is 1. The van der Waals surface area contributed by atoms with Gasteiger partial charge in [0, 0.05) is 6.54 Å². The largest absolute Gasteiger partial charge is 0.312 e. The average molecular weight is 219 g/mol. The van der Waals surface area contributed by atoms with Gasteiger partial charge in [0.1, 0.15) is 0 Å². The van der Waals surface area contributed by atoms with Gasteiger partial charge in [0.05, 0.1) is 0 Å². The Morgan fingerprint density at radius 2 is 1.81 bits per heavy atom. The Kier molecular flexibility index (Phi) is 4.55. The Hall–Kier alpha value is -0.820. The number of aryl methyl sites for hydroxylation is 1. The van der Waals surface area contributed by atoms with Crippen LogP contribution in [0.2, 0.25) is 0 Å². The predicted octanol–water partition coefficient (Wildman–Crippen LogP) is 3.77. The maximum Gasteiger partial charge on any atom is 0.0208 e. The van der Waals surface area contributed by atoms with E-state index in [1.54, 1.807) is 0 Å². The summed E-state index contributed by atoms with van der Waals surface area (Å²) >= 11 is 0. The van der Waals surface area contributed by atoms with Gasteiger partial charge in [0.2, 0.25) is 0 Å². The molecule has 0 radical (unpaired) electrons. The molecule has 1 heteroatoms. The second kappa shape index (κ2) is 5.49. The molecule has 0 amide bonds. The van der Waals surface area contributed by atoms with Crippen LogP contribution in [0.5, 0.6) is 0 Å². The minimum atomic E-state index is 0.388. The Balaban J connectivity index is 2.40. The normalized spacial score (nSPS) is 13.8. The lowest BCUT2D eigenvalue weighted by Gasteiger charge is -2.27. The van der Waals surface area contributed by atoms with E-state index in [-0.39, 0.29) is 0 Å². The quantitative estimate of drug-likeness (QED) is 0.813. The SMILES string of the molecule is Cc1ccccc1CNCC(C)C(C)(C)C. The monoisotopic (exact) mass is 219 g/mol. The van der Waals surface area contributed by atoms with Crippen LogP contribution in [0, 0.1) is 18.3 Å². The van der Waals surface area contributed by atoms with E-state index in [0.29, 0.717) is 11.3 Å². The van der Waals surface area contributed by atoms with Crippen molar-refractivity contribution in [1.82, 2.24) is 5.32 Å². The molecular formula is C15H25N. The smallest absolute Gasteiger partial charge is 0.0208 e. The molecule has 1 unspecified atom stereocenters. The maximum absolute atomic E-state index is 3.55. The van der Waals surface area contributed by atoms with E-state index in [0.717, 1.165) is 13.1 Å². The fourth-order valence-electron chi connectivity index (χ4n) is 1.54. The van der Waals surface area contributed by atoms with Gasteiger partial charge in [-0.2, -0.15) is 0 Å². The van der Waals surface area contributed by atoms with Crippen molar-refractivity contribution >= 4 is 0 Å². The highest BCUT2D eigenvalue weighted by atomic mass is 14.9. The molecule has 1 nitrogen and oxygen atoms in total. The molecule has 0 aliphatic rings. The second-order valence-electron chi connectivity index (χ2n) is 5.82. The zero-order valence-electron chi connectivity index (χ0n) is 11.3. The zero-order valence-corrected chi connectivity index (χ0v) is 11.3. The van der Waals surface area contributed by atoms with Crippen molar-refractivity contribution in [3.8, 4) is 0 Å². The van der Waals surface area contributed by atoms with E-state index in [4.69, 9.17) is 0 Å². The summed E-state index contributed by atoms with van der Waals surface area (Å²) < 4.78 is 0. The van der Waals surface area contributed by atoms with E-state index >= 15 is 0 Å². The summed E-state index contributed by atoms with van der Waals surface area (Å²) in [5.41, 5.74) is 3.17. The van der Waals surface area contributed by atoms with Crippen LogP contribution >= 0.6 is 0 Å². The predicted molar refractivity (Wildman–Crippen MR) is 71.5 cm³/mol. The van der Waals surface area contributed by atoms with Crippen LogP contribution in [0.15, 0.2) is 24.3 Å². The molecular weight excluding hydrogens is 194 g/mol. The van der Waals surface area contributed by atoms with Gasteiger partial charge in [0.25, 0.3) is 0 Å². The lowest BCUT2D eigenvalue weighted by molar-refractivity contribution is 0.252. The molecule has 0 heterocycles. The maximum atomic E-state index is 3.55. The van der Waals surface area contributed by atoms with E-state index in [9.17, 15) is 0 Å². The van der Waals surface area contributed by atoms with Gasteiger partial charge in [-0.15, -0.1) is 0 Å². The lowest BCUT2D eigenvalue weighted by atomic mass is 9.82. The van der Waals surface area contributed by atoms with E-state index in [2.05, 4.69) is 64.2 Å². The minimum Gasteiger partial charge on any atom is -0.312 e. The number of hydrogen-bond acceptors (Lipinski definition) is 1. The lowest BCUT2D eigenvalue weighted by Crippen LogP contribution is -2.29. The van der Waals surface area contributed by atoms with Gasteiger partial charge in [0.15, 0.2) is 0 Å². The van der Waals surface area contributed by atoms with Crippen LogP contribution in [0.3, 0.4) is 0 Å². The van der Waals surface area contributed by atoms with Crippen molar-refractivity contribution in [2.24, 2.45) is 11.3 Å². The fraction of sp³-hybridized carbons (Fsp3) is 0.600. The molecule has 1 atom stereocenters. The molecule has 0 aliphatic carbocycles. The highest BCUT2D eigenvalue weighted by Crippen LogP contribution is 2.24. The molecule has 1 aromatic rings. The molecule has 1 aromatic carbocycles. The van der Waals surface area contributed by atoms with Gasteiger partial charge in [-0.3, -0.25) is 0 Å². The molecule has 0 fully saturated rings. The topological polar surface area (TPSA) is 12.0 Å². The summed E-state index contributed by atoms with van der Waals surface area (Å²) in [6.45, 7) is 13.4. The number of nitrogens with one attached hydrogen (secondary N) is 1. The first-order valence-electron chi connectivity index (χ1n) is 6.16. The van der Waals surface area contributed by atoms with Crippen LogP contribution in [-0.4, -0.2) is 6.54 Å². The van der Waals surface area contributed by atoms with Crippen LogP contribution in [0.4, 0.5) is 0 Å². The third-order valence-corrected chi connectivity index (χ3v) is 3.51. The van der Waals surface area contributed by atoms with Crippen LogP contribution in [0.1, 0.15) is 38.8 Å². The van der Waals surface area contributed by atoms with Crippen molar-refractivity contribution in [3.05, 3.63) is 35.4 Å². The highest BCUT2D eigenvalue weighted by Gasteiger charge is 2.19. The molecule has 0 spiro atoms. The van der Waals surface area contributed by atoms with Crippen LogP contribution < -0.4 is 5.32 Å². The molecule has 1 rings (SSSR count). The van der Waals surface area contributed by atoms with Crippen molar-refractivity contribution < 1.29 is 0 Å². The molecule has 0 saturated carbocycles. The third-order valence-electron chi connectivity index (χ3n) is 3.51. The molecule has 1 N–H and O–H groups in total. The van der Waals surface area contributed by atoms with Gasteiger partial charge in [-0.05, 0) is 35.9 Å². The molecule has 0 bridgehead atoms. The highest BCUT2D eigenvalue weighted by molar-refractivity contribution is 5.25. The molecule has 90 valence electrons. The van der Waals surface area contributed by atoms with Gasteiger partial charge in [-0.25, -0.2) is 0 Å². The average Bonchev–Trinajstić information content (AvgIpc) is 2.19. The molecule has 0 aromatic heterocycles. The third kappa shape index (κ3) is 3.97.